The van der Waals surface area contributed by atoms with Crippen molar-refractivity contribution in [3.63, 3.8) is 0 Å². The van der Waals surface area contributed by atoms with Gasteiger partial charge in [-0.3, -0.25) is 4.79 Å². The molecule has 1 amide bonds. The summed E-state index contributed by atoms with van der Waals surface area (Å²) in [7, 11) is 0. The van der Waals surface area contributed by atoms with Crippen LogP contribution < -0.4 is 0 Å². The summed E-state index contributed by atoms with van der Waals surface area (Å²) in [4.78, 5) is 19.4. The lowest BCUT2D eigenvalue weighted by atomic mass is 10.1. The quantitative estimate of drug-likeness (QED) is 0.707. The fourth-order valence-corrected chi connectivity index (χ4v) is 3.51. The van der Waals surface area contributed by atoms with Gasteiger partial charge >= 0.3 is 0 Å². The summed E-state index contributed by atoms with van der Waals surface area (Å²) in [6, 6.07) is 15.5. The highest BCUT2D eigenvalue weighted by molar-refractivity contribution is 5.96. The highest BCUT2D eigenvalue weighted by Crippen LogP contribution is 2.33. The van der Waals surface area contributed by atoms with Crippen LogP contribution in [0.3, 0.4) is 0 Å². The van der Waals surface area contributed by atoms with E-state index in [1.54, 1.807) is 0 Å². The third kappa shape index (κ3) is 3.01. The molecule has 1 saturated heterocycles. The summed E-state index contributed by atoms with van der Waals surface area (Å²) in [6.45, 7) is 4.70. The first kappa shape index (κ1) is 16.5. The Balaban J connectivity index is 1.61. The normalized spacial score (nSPS) is 16.8. The van der Waals surface area contributed by atoms with Crippen LogP contribution in [-0.4, -0.2) is 27.5 Å². The second kappa shape index (κ2) is 6.75. The van der Waals surface area contributed by atoms with Gasteiger partial charge in [0.25, 0.3) is 5.91 Å². The smallest absolute Gasteiger partial charge is 0.254 e. The molecule has 0 saturated carbocycles. The minimum atomic E-state index is -0.159. The van der Waals surface area contributed by atoms with Crippen LogP contribution in [-0.2, 0) is 0 Å². The van der Waals surface area contributed by atoms with Gasteiger partial charge in [0.2, 0.25) is 11.7 Å². The average molecular weight is 347 g/mol. The van der Waals surface area contributed by atoms with Crippen molar-refractivity contribution in [3.05, 3.63) is 71.1 Å². The van der Waals surface area contributed by atoms with Gasteiger partial charge in [0.05, 0.1) is 0 Å². The Bertz CT molecular complexity index is 948. The van der Waals surface area contributed by atoms with E-state index in [9.17, 15) is 4.79 Å². The summed E-state index contributed by atoms with van der Waals surface area (Å²) < 4.78 is 5.53. The number of nitrogens with zero attached hydrogens (tertiary/aromatic N) is 3. The first-order valence-corrected chi connectivity index (χ1v) is 8.91. The van der Waals surface area contributed by atoms with Gasteiger partial charge in [-0.1, -0.05) is 47.1 Å². The number of hydrogen-bond donors (Lipinski definition) is 0. The number of benzene rings is 2. The highest BCUT2D eigenvalue weighted by atomic mass is 16.5. The molecule has 2 heterocycles. The van der Waals surface area contributed by atoms with Crippen LogP contribution in [0.5, 0.6) is 0 Å². The second-order valence-corrected chi connectivity index (χ2v) is 6.80. The average Bonchev–Trinajstić information content (AvgIpc) is 3.31. The van der Waals surface area contributed by atoms with Crippen LogP contribution in [0.2, 0.25) is 0 Å². The van der Waals surface area contributed by atoms with Gasteiger partial charge in [-0.25, -0.2) is 0 Å². The van der Waals surface area contributed by atoms with Crippen molar-refractivity contribution in [2.24, 2.45) is 0 Å². The number of aryl methyl sites for hydroxylation is 2. The summed E-state index contributed by atoms with van der Waals surface area (Å²) in [5.74, 6) is 1.11. The molecule has 1 aliphatic heterocycles. The first-order valence-electron chi connectivity index (χ1n) is 8.91. The van der Waals surface area contributed by atoms with Crippen molar-refractivity contribution < 1.29 is 9.32 Å². The molecule has 5 heteroatoms. The lowest BCUT2D eigenvalue weighted by Crippen LogP contribution is -2.31. The van der Waals surface area contributed by atoms with E-state index in [1.807, 2.05) is 67.3 Å². The molecule has 0 unspecified atom stereocenters. The largest absolute Gasteiger partial charge is 0.337 e. The molecule has 4 rings (SSSR count). The summed E-state index contributed by atoms with van der Waals surface area (Å²) in [5, 5.41) is 4.13. The number of hydrogen-bond acceptors (Lipinski definition) is 4. The Morgan fingerprint density at radius 3 is 2.81 bits per heavy atom. The van der Waals surface area contributed by atoms with Crippen LogP contribution in [0.15, 0.2) is 53.1 Å². The van der Waals surface area contributed by atoms with E-state index in [2.05, 4.69) is 10.1 Å². The maximum absolute atomic E-state index is 13.0. The highest BCUT2D eigenvalue weighted by Gasteiger charge is 2.35. The van der Waals surface area contributed by atoms with Gasteiger partial charge in [-0.05, 0) is 44.4 Å². The number of likely N-dealkylation sites (tertiary alicyclic amines) is 1. The molecular formula is C21H21N3O2. The number of rotatable bonds is 3. The molecule has 0 aliphatic carbocycles. The Morgan fingerprint density at radius 1 is 1.15 bits per heavy atom. The molecule has 1 aromatic heterocycles. The molecule has 0 bridgehead atoms. The standard InChI is InChI=1S/C21H21N3O2/c1-14-7-5-9-16(13-14)19-22-20(26-23-19)18-11-6-12-24(18)21(25)17-10-4-3-8-15(17)2/h3-5,7-10,13,18H,6,11-12H2,1-2H3/t18-/m0/s1. The Labute approximate surface area is 152 Å². The van der Waals surface area contributed by atoms with E-state index < -0.39 is 0 Å². The summed E-state index contributed by atoms with van der Waals surface area (Å²) in [6.07, 6.45) is 1.78. The Hall–Kier alpha value is -2.95. The van der Waals surface area contributed by atoms with Crippen LogP contribution in [0.4, 0.5) is 0 Å². The van der Waals surface area contributed by atoms with Crippen LogP contribution >= 0.6 is 0 Å². The van der Waals surface area contributed by atoms with E-state index in [4.69, 9.17) is 4.52 Å². The van der Waals surface area contributed by atoms with Crippen molar-refractivity contribution in [1.82, 2.24) is 15.0 Å². The molecule has 1 aliphatic rings. The Kier molecular flexibility index (Phi) is 4.29. The predicted octanol–water partition coefficient (Wildman–Crippen LogP) is 4.33. The van der Waals surface area contributed by atoms with Gasteiger partial charge < -0.3 is 9.42 Å². The monoisotopic (exact) mass is 347 g/mol. The number of carbonyl (C=O) groups is 1. The SMILES string of the molecule is Cc1cccc(-c2noc([C@@H]3CCCN3C(=O)c3ccccc3C)n2)c1. The fourth-order valence-electron chi connectivity index (χ4n) is 3.51. The molecule has 26 heavy (non-hydrogen) atoms. The van der Waals surface area contributed by atoms with Crippen LogP contribution in [0.25, 0.3) is 11.4 Å². The van der Waals surface area contributed by atoms with Gasteiger partial charge in [-0.2, -0.15) is 4.98 Å². The van der Waals surface area contributed by atoms with Crippen LogP contribution in [0, 0.1) is 13.8 Å². The zero-order valence-electron chi connectivity index (χ0n) is 15.0. The van der Waals surface area contributed by atoms with E-state index in [-0.39, 0.29) is 11.9 Å². The lowest BCUT2D eigenvalue weighted by Gasteiger charge is -2.22. The minimum Gasteiger partial charge on any atom is -0.337 e. The van der Waals surface area contributed by atoms with E-state index >= 15 is 0 Å². The van der Waals surface area contributed by atoms with Gasteiger partial charge in [0, 0.05) is 17.7 Å². The topological polar surface area (TPSA) is 59.2 Å². The number of carbonyl (C=O) groups excluding carboxylic acids is 1. The van der Waals surface area contributed by atoms with Gasteiger partial charge in [-0.15, -0.1) is 0 Å². The molecule has 5 nitrogen and oxygen atoms in total. The molecule has 1 atom stereocenters. The maximum Gasteiger partial charge on any atom is 0.254 e. The number of amides is 1. The molecule has 132 valence electrons. The van der Waals surface area contributed by atoms with E-state index in [0.717, 1.165) is 35.1 Å². The molecule has 3 aromatic rings. The van der Waals surface area contributed by atoms with Gasteiger partial charge in [0.1, 0.15) is 6.04 Å². The molecule has 0 spiro atoms. The van der Waals surface area contributed by atoms with Crippen molar-refractivity contribution in [3.8, 4) is 11.4 Å². The number of aromatic nitrogens is 2. The molecule has 1 fully saturated rings. The minimum absolute atomic E-state index is 0.0286. The maximum atomic E-state index is 13.0. The van der Waals surface area contributed by atoms with Crippen molar-refractivity contribution in [2.75, 3.05) is 6.54 Å². The third-order valence-corrected chi connectivity index (χ3v) is 4.89. The van der Waals surface area contributed by atoms with E-state index in [1.165, 1.54) is 0 Å². The zero-order chi connectivity index (χ0) is 18.1. The predicted molar refractivity (Wildman–Crippen MR) is 98.7 cm³/mol. The zero-order valence-corrected chi connectivity index (χ0v) is 15.0. The fraction of sp³-hybridized carbons (Fsp3) is 0.286. The molecule has 0 N–H and O–H groups in total. The van der Waals surface area contributed by atoms with E-state index in [0.29, 0.717) is 18.3 Å². The third-order valence-electron chi connectivity index (χ3n) is 4.89. The van der Waals surface area contributed by atoms with Crippen molar-refractivity contribution in [2.45, 2.75) is 32.7 Å². The molecule has 0 radical (unpaired) electrons. The second-order valence-electron chi connectivity index (χ2n) is 6.80. The van der Waals surface area contributed by atoms with Gasteiger partial charge in [0.15, 0.2) is 0 Å². The molecular weight excluding hydrogens is 326 g/mol. The Morgan fingerprint density at radius 2 is 2.00 bits per heavy atom. The summed E-state index contributed by atoms with van der Waals surface area (Å²) in [5.41, 5.74) is 3.79. The summed E-state index contributed by atoms with van der Waals surface area (Å²) >= 11 is 0. The first-order chi connectivity index (χ1) is 12.6. The van der Waals surface area contributed by atoms with Crippen molar-refractivity contribution in [1.29, 1.82) is 0 Å². The lowest BCUT2D eigenvalue weighted by molar-refractivity contribution is 0.0709. The van der Waals surface area contributed by atoms with Crippen LogP contribution in [0.1, 0.15) is 46.3 Å². The van der Waals surface area contributed by atoms with Crippen molar-refractivity contribution >= 4 is 5.91 Å². The molecule has 2 aromatic carbocycles.